The first-order chi connectivity index (χ1) is 15.7. The predicted molar refractivity (Wildman–Crippen MR) is 119 cm³/mol. The fraction of sp³-hybridized carbons (Fsp3) is 0.0870. The van der Waals surface area contributed by atoms with Gasteiger partial charge in [-0.15, -0.1) is 0 Å². The number of ether oxygens (including phenoxy) is 1. The molecule has 0 fully saturated rings. The number of aromatic amines is 1. The molecule has 4 heterocycles. The fourth-order valence-corrected chi connectivity index (χ4v) is 3.44. The summed E-state index contributed by atoms with van der Waals surface area (Å²) in [6, 6.07) is 11.5. The molecule has 0 radical (unpaired) electrons. The summed E-state index contributed by atoms with van der Waals surface area (Å²) in [5.74, 6) is 0.365. The number of aromatic nitrogens is 6. The van der Waals surface area contributed by atoms with E-state index in [0.717, 1.165) is 27.6 Å². The molecule has 0 spiro atoms. The van der Waals surface area contributed by atoms with E-state index in [4.69, 9.17) is 4.74 Å². The first kappa shape index (κ1) is 19.4. The van der Waals surface area contributed by atoms with Crippen molar-refractivity contribution in [2.75, 3.05) is 12.4 Å². The number of methoxy groups -OCH3 is 1. The van der Waals surface area contributed by atoms with Crippen LogP contribution >= 0.6 is 0 Å². The quantitative estimate of drug-likeness (QED) is 0.431. The number of nitrogens with zero attached hydrogens (tertiary/aromatic N) is 5. The third-order valence-electron chi connectivity index (χ3n) is 5.02. The van der Waals surface area contributed by atoms with Crippen molar-refractivity contribution < 1.29 is 9.53 Å². The Kier molecular flexibility index (Phi) is 5.04. The molecular weight excluding hydrogens is 406 g/mol. The second-order valence-corrected chi connectivity index (χ2v) is 7.19. The molecule has 158 valence electrons. The van der Waals surface area contributed by atoms with E-state index in [9.17, 15) is 4.79 Å². The minimum absolute atomic E-state index is 0.312. The highest BCUT2D eigenvalue weighted by Crippen LogP contribution is 2.27. The first-order valence-electron chi connectivity index (χ1n) is 9.90. The van der Waals surface area contributed by atoms with Crippen LogP contribution in [0, 0.1) is 0 Å². The van der Waals surface area contributed by atoms with Crippen molar-refractivity contribution in [1.29, 1.82) is 0 Å². The molecule has 0 atom stereocenters. The Balaban J connectivity index is 1.34. The SMILES string of the molecule is COc1cncc(-c2ccc3c(C(=O)Nc4cnn(Cc5cccnc5)c4)n[nH]c3c2)c1. The van der Waals surface area contributed by atoms with Gasteiger partial charge < -0.3 is 10.1 Å². The molecule has 5 rings (SSSR count). The van der Waals surface area contributed by atoms with Gasteiger partial charge in [0, 0.05) is 35.7 Å². The van der Waals surface area contributed by atoms with Crippen LogP contribution in [-0.2, 0) is 6.54 Å². The largest absolute Gasteiger partial charge is 0.495 e. The summed E-state index contributed by atoms with van der Waals surface area (Å²) in [5.41, 5.74) is 4.53. The number of carbonyl (C=O) groups excluding carboxylic acids is 1. The molecular formula is C23H19N7O2. The maximum absolute atomic E-state index is 12.8. The van der Waals surface area contributed by atoms with Gasteiger partial charge in [-0.2, -0.15) is 10.2 Å². The number of fused-ring (bicyclic) bond motifs is 1. The molecule has 0 saturated heterocycles. The van der Waals surface area contributed by atoms with Crippen molar-refractivity contribution >= 4 is 22.5 Å². The lowest BCUT2D eigenvalue weighted by Gasteiger charge is -2.04. The van der Waals surface area contributed by atoms with Crippen LogP contribution in [0.5, 0.6) is 5.75 Å². The molecule has 5 aromatic rings. The van der Waals surface area contributed by atoms with Gasteiger partial charge in [0.25, 0.3) is 5.91 Å². The average Bonchev–Trinajstić information content (AvgIpc) is 3.46. The number of benzene rings is 1. The van der Waals surface area contributed by atoms with Crippen molar-refractivity contribution in [3.63, 3.8) is 0 Å². The van der Waals surface area contributed by atoms with E-state index in [0.29, 0.717) is 23.7 Å². The Morgan fingerprint density at radius 3 is 2.88 bits per heavy atom. The summed E-state index contributed by atoms with van der Waals surface area (Å²) >= 11 is 0. The summed E-state index contributed by atoms with van der Waals surface area (Å²) in [7, 11) is 1.60. The summed E-state index contributed by atoms with van der Waals surface area (Å²) in [6.45, 7) is 0.566. The maximum atomic E-state index is 12.8. The number of H-pyrrole nitrogens is 1. The monoisotopic (exact) mass is 425 g/mol. The second kappa shape index (κ2) is 8.31. The molecule has 9 heteroatoms. The average molecular weight is 425 g/mol. The van der Waals surface area contributed by atoms with Gasteiger partial charge in [0.1, 0.15) is 5.75 Å². The number of pyridine rings is 2. The van der Waals surface area contributed by atoms with E-state index in [2.05, 4.69) is 30.6 Å². The highest BCUT2D eigenvalue weighted by atomic mass is 16.5. The van der Waals surface area contributed by atoms with E-state index in [-0.39, 0.29) is 5.91 Å². The van der Waals surface area contributed by atoms with Crippen molar-refractivity contribution in [3.8, 4) is 16.9 Å². The zero-order valence-corrected chi connectivity index (χ0v) is 17.2. The fourth-order valence-electron chi connectivity index (χ4n) is 3.44. The second-order valence-electron chi connectivity index (χ2n) is 7.19. The molecule has 9 nitrogen and oxygen atoms in total. The highest BCUT2D eigenvalue weighted by Gasteiger charge is 2.16. The number of hydrogen-bond donors (Lipinski definition) is 2. The number of hydrogen-bond acceptors (Lipinski definition) is 6. The van der Waals surface area contributed by atoms with Crippen molar-refractivity contribution in [2.24, 2.45) is 0 Å². The van der Waals surface area contributed by atoms with Crippen molar-refractivity contribution in [1.82, 2.24) is 29.9 Å². The number of amides is 1. The van der Waals surface area contributed by atoms with Gasteiger partial charge in [-0.05, 0) is 35.4 Å². The Morgan fingerprint density at radius 1 is 1.09 bits per heavy atom. The Morgan fingerprint density at radius 2 is 2.03 bits per heavy atom. The lowest BCUT2D eigenvalue weighted by Crippen LogP contribution is -2.12. The topological polar surface area (TPSA) is 111 Å². The summed E-state index contributed by atoms with van der Waals surface area (Å²) in [5, 5.41) is 15.0. The number of carbonyl (C=O) groups is 1. The Bertz CT molecular complexity index is 1390. The van der Waals surface area contributed by atoms with Crippen LogP contribution < -0.4 is 10.1 Å². The van der Waals surface area contributed by atoms with Crippen LogP contribution in [0.4, 0.5) is 5.69 Å². The highest BCUT2D eigenvalue weighted by molar-refractivity contribution is 6.11. The third-order valence-corrected chi connectivity index (χ3v) is 5.02. The molecule has 4 aromatic heterocycles. The van der Waals surface area contributed by atoms with Gasteiger partial charge in [0.05, 0.1) is 37.3 Å². The molecule has 0 aliphatic heterocycles. The minimum atomic E-state index is -0.312. The van der Waals surface area contributed by atoms with E-state index < -0.39 is 0 Å². The lowest BCUT2D eigenvalue weighted by molar-refractivity contribution is 0.102. The maximum Gasteiger partial charge on any atom is 0.276 e. The van der Waals surface area contributed by atoms with Crippen LogP contribution in [0.3, 0.4) is 0 Å². The van der Waals surface area contributed by atoms with E-state index in [1.54, 1.807) is 49.0 Å². The Hall–Kier alpha value is -4.53. The van der Waals surface area contributed by atoms with Crippen LogP contribution in [0.25, 0.3) is 22.0 Å². The summed E-state index contributed by atoms with van der Waals surface area (Å²) in [4.78, 5) is 21.1. The molecule has 0 aliphatic carbocycles. The van der Waals surface area contributed by atoms with Crippen molar-refractivity contribution in [3.05, 3.63) is 84.8 Å². The van der Waals surface area contributed by atoms with Crippen molar-refractivity contribution in [2.45, 2.75) is 6.54 Å². The van der Waals surface area contributed by atoms with Gasteiger partial charge >= 0.3 is 0 Å². The smallest absolute Gasteiger partial charge is 0.276 e. The van der Waals surface area contributed by atoms with Gasteiger partial charge in [-0.1, -0.05) is 12.1 Å². The number of nitrogens with one attached hydrogen (secondary N) is 2. The Labute approximate surface area is 183 Å². The molecule has 1 amide bonds. The van der Waals surface area contributed by atoms with E-state index in [1.165, 1.54) is 0 Å². The van der Waals surface area contributed by atoms with Gasteiger partial charge in [0.2, 0.25) is 0 Å². The molecule has 0 aliphatic rings. The standard InChI is InChI=1S/C23H19N7O2/c1-32-19-7-17(10-25-12-19)16-4-5-20-21(8-16)28-29-22(20)23(31)27-18-11-26-30(14-18)13-15-3-2-6-24-9-15/h2-12,14H,13H2,1H3,(H,27,31)(H,28,29). The number of rotatable bonds is 6. The molecule has 32 heavy (non-hydrogen) atoms. The van der Waals surface area contributed by atoms with E-state index >= 15 is 0 Å². The molecule has 2 N–H and O–H groups in total. The molecule has 0 bridgehead atoms. The van der Waals surface area contributed by atoms with Gasteiger partial charge in [0.15, 0.2) is 5.69 Å². The van der Waals surface area contributed by atoms with Crippen LogP contribution in [0.15, 0.2) is 73.6 Å². The van der Waals surface area contributed by atoms with E-state index in [1.807, 2.05) is 36.4 Å². The third kappa shape index (κ3) is 3.91. The van der Waals surface area contributed by atoms with Gasteiger partial charge in [-0.25, -0.2) is 0 Å². The molecule has 0 saturated carbocycles. The summed E-state index contributed by atoms with van der Waals surface area (Å²) < 4.78 is 6.99. The summed E-state index contributed by atoms with van der Waals surface area (Å²) in [6.07, 6.45) is 10.3. The predicted octanol–water partition coefficient (Wildman–Crippen LogP) is 3.53. The zero-order chi connectivity index (χ0) is 21.9. The zero-order valence-electron chi connectivity index (χ0n) is 17.2. The van der Waals surface area contributed by atoms with Crippen LogP contribution in [0.1, 0.15) is 16.1 Å². The van der Waals surface area contributed by atoms with Crippen LogP contribution in [-0.4, -0.2) is 43.0 Å². The minimum Gasteiger partial charge on any atom is -0.495 e. The first-order valence-corrected chi connectivity index (χ1v) is 9.90. The number of anilines is 1. The van der Waals surface area contributed by atoms with Crippen LogP contribution in [0.2, 0.25) is 0 Å². The lowest BCUT2D eigenvalue weighted by atomic mass is 10.0. The molecule has 1 aromatic carbocycles. The molecule has 0 unspecified atom stereocenters. The normalized spacial score (nSPS) is 10.9. The van der Waals surface area contributed by atoms with Gasteiger partial charge in [-0.3, -0.25) is 24.5 Å².